The van der Waals surface area contributed by atoms with Crippen LogP contribution in [-0.4, -0.2) is 4.98 Å². The molecular weight excluding hydrogens is 322 g/mol. The van der Waals surface area contributed by atoms with Gasteiger partial charge >= 0.3 is 0 Å². The zero-order valence-electron chi connectivity index (χ0n) is 10.0. The molecule has 0 aliphatic heterocycles. The summed E-state index contributed by atoms with van der Waals surface area (Å²) in [5, 5.41) is 1.96. The lowest BCUT2D eigenvalue weighted by Gasteiger charge is -1.93. The maximum absolute atomic E-state index is 5.96. The van der Waals surface area contributed by atoms with Gasteiger partial charge in [-0.1, -0.05) is 51.8 Å². The molecule has 0 saturated carbocycles. The van der Waals surface area contributed by atoms with E-state index >= 15 is 0 Å². The van der Waals surface area contributed by atoms with Crippen LogP contribution >= 0.6 is 27.5 Å². The number of rotatable bonds is 2. The van der Waals surface area contributed by atoms with Crippen LogP contribution in [0.2, 0.25) is 5.02 Å². The molecule has 0 atom stereocenters. The molecule has 1 aromatic heterocycles. The van der Waals surface area contributed by atoms with E-state index in [2.05, 4.69) is 45.2 Å². The minimum atomic E-state index is 0.753. The van der Waals surface area contributed by atoms with Gasteiger partial charge in [-0.25, -0.2) is 0 Å². The second-order valence-corrected chi connectivity index (χ2v) is 5.70. The SMILES string of the molecule is Clc1cccc(/C=C/c2cc3ccc(Br)cc3[nH]2)c1. The molecule has 2 aromatic carbocycles. The lowest BCUT2D eigenvalue weighted by atomic mass is 10.2. The summed E-state index contributed by atoms with van der Waals surface area (Å²) in [6.07, 6.45) is 4.10. The van der Waals surface area contributed by atoms with E-state index in [9.17, 15) is 0 Å². The van der Waals surface area contributed by atoms with Crippen molar-refractivity contribution in [2.45, 2.75) is 0 Å². The highest BCUT2D eigenvalue weighted by Gasteiger charge is 1.98. The van der Waals surface area contributed by atoms with Gasteiger partial charge in [0.05, 0.1) is 0 Å². The predicted octanol–water partition coefficient (Wildman–Crippen LogP) is 5.75. The maximum Gasteiger partial charge on any atom is 0.0469 e. The Hall–Kier alpha value is -1.51. The highest BCUT2D eigenvalue weighted by molar-refractivity contribution is 9.10. The van der Waals surface area contributed by atoms with Crippen LogP contribution < -0.4 is 0 Å². The topological polar surface area (TPSA) is 15.8 Å². The molecular formula is C16H11BrClN. The number of H-pyrrole nitrogens is 1. The van der Waals surface area contributed by atoms with Crippen LogP contribution in [0.25, 0.3) is 23.1 Å². The van der Waals surface area contributed by atoms with Gasteiger partial charge in [0.15, 0.2) is 0 Å². The Labute approximate surface area is 125 Å². The minimum absolute atomic E-state index is 0.753. The standard InChI is InChI=1S/C16H11BrClN/c17-13-6-5-12-9-15(19-16(12)10-13)7-4-11-2-1-3-14(18)8-11/h1-10,19H/b7-4+. The fraction of sp³-hybridized carbons (Fsp3) is 0. The van der Waals surface area contributed by atoms with Crippen molar-refractivity contribution in [1.82, 2.24) is 4.98 Å². The van der Waals surface area contributed by atoms with Crippen LogP contribution in [0.4, 0.5) is 0 Å². The smallest absolute Gasteiger partial charge is 0.0469 e. The molecule has 3 rings (SSSR count). The van der Waals surface area contributed by atoms with Crippen molar-refractivity contribution in [3.8, 4) is 0 Å². The largest absolute Gasteiger partial charge is 0.355 e. The molecule has 0 bridgehead atoms. The number of halogens is 2. The Kier molecular flexibility index (Phi) is 3.45. The van der Waals surface area contributed by atoms with Gasteiger partial charge in [0, 0.05) is 26.1 Å². The van der Waals surface area contributed by atoms with E-state index < -0.39 is 0 Å². The minimum Gasteiger partial charge on any atom is -0.355 e. The normalized spacial score (nSPS) is 11.5. The number of hydrogen-bond acceptors (Lipinski definition) is 0. The third kappa shape index (κ3) is 2.91. The van der Waals surface area contributed by atoms with Gasteiger partial charge in [0.2, 0.25) is 0 Å². The summed E-state index contributed by atoms with van der Waals surface area (Å²) in [6.45, 7) is 0. The van der Waals surface area contributed by atoms with Crippen LogP contribution in [0, 0.1) is 0 Å². The number of fused-ring (bicyclic) bond motifs is 1. The predicted molar refractivity (Wildman–Crippen MR) is 86.4 cm³/mol. The van der Waals surface area contributed by atoms with E-state index in [1.807, 2.05) is 36.4 Å². The number of hydrogen-bond donors (Lipinski definition) is 1. The molecule has 1 N–H and O–H groups in total. The van der Waals surface area contributed by atoms with Crippen molar-refractivity contribution in [1.29, 1.82) is 0 Å². The Morgan fingerprint density at radius 1 is 1.00 bits per heavy atom. The highest BCUT2D eigenvalue weighted by Crippen LogP contribution is 2.21. The van der Waals surface area contributed by atoms with Gasteiger partial charge in [0.25, 0.3) is 0 Å². The Balaban J connectivity index is 1.92. The monoisotopic (exact) mass is 331 g/mol. The molecule has 0 spiro atoms. The van der Waals surface area contributed by atoms with E-state index in [4.69, 9.17) is 11.6 Å². The van der Waals surface area contributed by atoms with Crippen molar-refractivity contribution < 1.29 is 0 Å². The summed E-state index contributed by atoms with van der Waals surface area (Å²) in [4.78, 5) is 3.37. The number of aromatic amines is 1. The van der Waals surface area contributed by atoms with Gasteiger partial charge in [0.1, 0.15) is 0 Å². The van der Waals surface area contributed by atoms with Crippen LogP contribution in [0.15, 0.2) is 53.0 Å². The van der Waals surface area contributed by atoms with Crippen molar-refractivity contribution in [2.75, 3.05) is 0 Å². The molecule has 19 heavy (non-hydrogen) atoms. The number of nitrogens with one attached hydrogen (secondary N) is 1. The van der Waals surface area contributed by atoms with Crippen LogP contribution in [0.3, 0.4) is 0 Å². The van der Waals surface area contributed by atoms with Crippen molar-refractivity contribution in [3.63, 3.8) is 0 Å². The summed E-state index contributed by atoms with van der Waals surface area (Å²) in [5.74, 6) is 0. The van der Waals surface area contributed by atoms with Gasteiger partial charge in [-0.2, -0.15) is 0 Å². The van der Waals surface area contributed by atoms with Crippen LogP contribution in [-0.2, 0) is 0 Å². The molecule has 0 unspecified atom stereocenters. The van der Waals surface area contributed by atoms with Gasteiger partial charge < -0.3 is 4.98 Å². The molecule has 3 aromatic rings. The molecule has 0 radical (unpaired) electrons. The summed E-state index contributed by atoms with van der Waals surface area (Å²) >= 11 is 9.43. The maximum atomic E-state index is 5.96. The molecule has 3 heteroatoms. The molecule has 1 heterocycles. The molecule has 94 valence electrons. The first-order valence-corrected chi connectivity index (χ1v) is 7.10. The zero-order valence-corrected chi connectivity index (χ0v) is 12.4. The summed E-state index contributed by atoms with van der Waals surface area (Å²) in [6, 6.07) is 16.1. The molecule has 0 aliphatic rings. The van der Waals surface area contributed by atoms with E-state index in [-0.39, 0.29) is 0 Å². The Bertz CT molecular complexity index is 758. The second kappa shape index (κ2) is 5.24. The average molecular weight is 333 g/mol. The summed E-state index contributed by atoms with van der Waals surface area (Å²) < 4.78 is 1.08. The van der Waals surface area contributed by atoms with E-state index in [1.165, 1.54) is 5.39 Å². The average Bonchev–Trinajstić information content (AvgIpc) is 2.78. The zero-order chi connectivity index (χ0) is 13.2. The quantitative estimate of drug-likeness (QED) is 0.614. The summed E-state index contributed by atoms with van der Waals surface area (Å²) in [7, 11) is 0. The second-order valence-electron chi connectivity index (χ2n) is 4.34. The first-order valence-electron chi connectivity index (χ1n) is 5.93. The fourth-order valence-corrected chi connectivity index (χ4v) is 2.57. The molecule has 0 saturated heterocycles. The molecule has 0 amide bonds. The third-order valence-electron chi connectivity index (χ3n) is 2.91. The third-order valence-corrected chi connectivity index (χ3v) is 3.64. The van der Waals surface area contributed by atoms with Gasteiger partial charge in [-0.05, 0) is 42.0 Å². The fourth-order valence-electron chi connectivity index (χ4n) is 2.01. The number of benzene rings is 2. The van der Waals surface area contributed by atoms with E-state index in [1.54, 1.807) is 0 Å². The van der Waals surface area contributed by atoms with Crippen molar-refractivity contribution in [3.05, 3.63) is 69.3 Å². The Morgan fingerprint density at radius 2 is 1.89 bits per heavy atom. The highest BCUT2D eigenvalue weighted by atomic mass is 79.9. The van der Waals surface area contributed by atoms with Gasteiger partial charge in [-0.15, -0.1) is 0 Å². The van der Waals surface area contributed by atoms with E-state index in [0.29, 0.717) is 0 Å². The van der Waals surface area contributed by atoms with Crippen LogP contribution in [0.5, 0.6) is 0 Å². The van der Waals surface area contributed by atoms with Gasteiger partial charge in [-0.3, -0.25) is 0 Å². The number of aromatic nitrogens is 1. The van der Waals surface area contributed by atoms with Crippen LogP contribution in [0.1, 0.15) is 11.3 Å². The summed E-state index contributed by atoms with van der Waals surface area (Å²) in [5.41, 5.74) is 3.29. The van der Waals surface area contributed by atoms with Crippen molar-refractivity contribution >= 4 is 50.6 Å². The molecule has 0 aliphatic carbocycles. The first kappa shape index (κ1) is 12.5. The first-order chi connectivity index (χ1) is 9.20. The lowest BCUT2D eigenvalue weighted by molar-refractivity contribution is 1.43. The lowest BCUT2D eigenvalue weighted by Crippen LogP contribution is -1.72. The molecule has 0 fully saturated rings. The van der Waals surface area contributed by atoms with Crippen molar-refractivity contribution in [2.24, 2.45) is 0 Å². The Morgan fingerprint density at radius 3 is 2.74 bits per heavy atom. The van der Waals surface area contributed by atoms with E-state index in [0.717, 1.165) is 26.3 Å². The molecule has 1 nitrogen and oxygen atoms in total.